The molecule has 25 heavy (non-hydrogen) atoms. The van der Waals surface area contributed by atoms with Gasteiger partial charge < -0.3 is 9.73 Å². The van der Waals surface area contributed by atoms with Crippen LogP contribution >= 0.6 is 0 Å². The number of benzene rings is 1. The first kappa shape index (κ1) is 17.0. The Hall–Kier alpha value is -2.89. The first-order valence-corrected chi connectivity index (χ1v) is 8.36. The normalized spacial score (nSPS) is 12.2. The van der Waals surface area contributed by atoms with Crippen molar-refractivity contribution >= 4 is 5.91 Å². The van der Waals surface area contributed by atoms with Crippen molar-refractivity contribution in [3.63, 3.8) is 0 Å². The van der Waals surface area contributed by atoms with E-state index in [9.17, 15) is 4.79 Å². The Morgan fingerprint density at radius 2 is 2.00 bits per heavy atom. The molecule has 0 saturated heterocycles. The zero-order chi connectivity index (χ0) is 18.0. The van der Waals surface area contributed by atoms with Crippen LogP contribution in [0.5, 0.6) is 0 Å². The fraction of sp³-hybridized carbons (Fsp3) is 0.316. The maximum absolute atomic E-state index is 12.4. The van der Waals surface area contributed by atoms with Gasteiger partial charge in [0.25, 0.3) is 5.91 Å². The van der Waals surface area contributed by atoms with Crippen LogP contribution in [0.2, 0.25) is 0 Å². The summed E-state index contributed by atoms with van der Waals surface area (Å²) in [6.07, 6.45) is 1.94. The molecule has 0 aliphatic heterocycles. The van der Waals surface area contributed by atoms with Crippen LogP contribution < -0.4 is 5.32 Å². The predicted octanol–water partition coefficient (Wildman–Crippen LogP) is 3.53. The van der Waals surface area contributed by atoms with Gasteiger partial charge in [-0.3, -0.25) is 4.79 Å². The maximum atomic E-state index is 12.4. The van der Waals surface area contributed by atoms with Crippen molar-refractivity contribution in [1.82, 2.24) is 20.1 Å². The van der Waals surface area contributed by atoms with Gasteiger partial charge in [0.2, 0.25) is 0 Å². The van der Waals surface area contributed by atoms with Gasteiger partial charge in [-0.15, -0.1) is 0 Å². The second-order valence-corrected chi connectivity index (χ2v) is 6.10. The van der Waals surface area contributed by atoms with Crippen molar-refractivity contribution in [2.45, 2.75) is 40.2 Å². The van der Waals surface area contributed by atoms with Gasteiger partial charge in [0, 0.05) is 12.1 Å². The van der Waals surface area contributed by atoms with Crippen LogP contribution in [0.4, 0.5) is 0 Å². The fourth-order valence-corrected chi connectivity index (χ4v) is 2.85. The Bertz CT molecular complexity index is 877. The largest absolute Gasteiger partial charge is 0.448 e. The van der Waals surface area contributed by atoms with Crippen molar-refractivity contribution in [2.75, 3.05) is 0 Å². The van der Waals surface area contributed by atoms with Crippen LogP contribution in [0.15, 0.2) is 41.1 Å². The zero-order valence-corrected chi connectivity index (χ0v) is 14.9. The number of hydrogen-bond donors (Lipinski definition) is 1. The number of oxazole rings is 1. The maximum Gasteiger partial charge on any atom is 0.274 e. The molecule has 0 bridgehead atoms. The molecule has 0 spiro atoms. The lowest BCUT2D eigenvalue weighted by Crippen LogP contribution is -2.27. The molecule has 1 amide bonds. The predicted molar refractivity (Wildman–Crippen MR) is 94.8 cm³/mol. The SMILES string of the molecule is CCc1ocnc1C(=O)N[C@@H](C)c1ccc(-n2nc(C)cc2C)cc1. The van der Waals surface area contributed by atoms with Crippen molar-refractivity contribution in [1.29, 1.82) is 0 Å². The van der Waals surface area contributed by atoms with E-state index in [1.165, 1.54) is 6.39 Å². The van der Waals surface area contributed by atoms with Gasteiger partial charge in [-0.1, -0.05) is 19.1 Å². The van der Waals surface area contributed by atoms with Gasteiger partial charge in [-0.25, -0.2) is 9.67 Å². The highest BCUT2D eigenvalue weighted by Gasteiger charge is 2.18. The first-order valence-electron chi connectivity index (χ1n) is 8.36. The van der Waals surface area contributed by atoms with E-state index < -0.39 is 0 Å². The number of amides is 1. The van der Waals surface area contributed by atoms with E-state index in [1.54, 1.807) is 0 Å². The first-order chi connectivity index (χ1) is 12.0. The number of aryl methyl sites for hydroxylation is 3. The summed E-state index contributed by atoms with van der Waals surface area (Å²) in [6.45, 7) is 7.88. The molecule has 0 unspecified atom stereocenters. The van der Waals surface area contributed by atoms with Crippen molar-refractivity contribution in [3.8, 4) is 5.69 Å². The molecule has 0 fully saturated rings. The molecule has 0 aliphatic rings. The lowest BCUT2D eigenvalue weighted by Gasteiger charge is -2.14. The van der Waals surface area contributed by atoms with E-state index >= 15 is 0 Å². The second kappa shape index (κ2) is 6.93. The molecule has 0 saturated carbocycles. The molecule has 6 heteroatoms. The third kappa shape index (κ3) is 3.47. The van der Waals surface area contributed by atoms with E-state index in [4.69, 9.17) is 4.42 Å². The molecule has 2 heterocycles. The average Bonchev–Trinajstić information content (AvgIpc) is 3.20. The highest BCUT2D eigenvalue weighted by molar-refractivity contribution is 5.93. The van der Waals surface area contributed by atoms with Crippen LogP contribution in [0.25, 0.3) is 5.69 Å². The Kier molecular flexibility index (Phi) is 4.70. The van der Waals surface area contributed by atoms with Crippen LogP contribution in [-0.4, -0.2) is 20.7 Å². The highest BCUT2D eigenvalue weighted by Crippen LogP contribution is 2.18. The minimum Gasteiger partial charge on any atom is -0.448 e. The van der Waals surface area contributed by atoms with Crippen LogP contribution in [0, 0.1) is 13.8 Å². The van der Waals surface area contributed by atoms with Gasteiger partial charge in [-0.05, 0) is 44.5 Å². The van der Waals surface area contributed by atoms with Crippen LogP contribution in [0.3, 0.4) is 0 Å². The Morgan fingerprint density at radius 1 is 1.28 bits per heavy atom. The summed E-state index contributed by atoms with van der Waals surface area (Å²) in [7, 11) is 0. The number of nitrogens with one attached hydrogen (secondary N) is 1. The van der Waals surface area contributed by atoms with E-state index in [-0.39, 0.29) is 11.9 Å². The van der Waals surface area contributed by atoms with Crippen molar-refractivity contribution in [2.24, 2.45) is 0 Å². The summed E-state index contributed by atoms with van der Waals surface area (Å²) in [5.41, 5.74) is 4.44. The van der Waals surface area contributed by atoms with E-state index in [0.29, 0.717) is 17.9 Å². The molecule has 1 atom stereocenters. The third-order valence-electron chi connectivity index (χ3n) is 4.17. The minimum absolute atomic E-state index is 0.136. The molecule has 3 aromatic rings. The quantitative estimate of drug-likeness (QED) is 0.772. The van der Waals surface area contributed by atoms with Crippen molar-refractivity contribution in [3.05, 3.63) is 65.1 Å². The number of aromatic nitrogens is 3. The molecule has 0 radical (unpaired) electrons. The molecule has 0 aliphatic carbocycles. The summed E-state index contributed by atoms with van der Waals surface area (Å²) < 4.78 is 7.13. The van der Waals surface area contributed by atoms with Gasteiger partial charge in [0.15, 0.2) is 12.1 Å². The fourth-order valence-electron chi connectivity index (χ4n) is 2.85. The molecule has 1 aromatic carbocycles. The standard InChI is InChI=1S/C19H22N4O2/c1-5-17-18(20-11-25-17)19(24)21-14(4)15-6-8-16(9-7-15)23-13(3)10-12(2)22-23/h6-11,14H,5H2,1-4H3,(H,21,24)/t14-/m0/s1. The van der Waals surface area contributed by atoms with Crippen LogP contribution in [0.1, 0.15) is 53.1 Å². The smallest absolute Gasteiger partial charge is 0.274 e. The monoisotopic (exact) mass is 338 g/mol. The summed E-state index contributed by atoms with van der Waals surface area (Å²) in [6, 6.07) is 9.92. The molecular formula is C19H22N4O2. The number of rotatable bonds is 5. The topological polar surface area (TPSA) is 73.0 Å². The summed E-state index contributed by atoms with van der Waals surface area (Å²) in [4.78, 5) is 16.4. The third-order valence-corrected chi connectivity index (χ3v) is 4.17. The van der Waals surface area contributed by atoms with Gasteiger partial charge in [0.05, 0.1) is 17.4 Å². The number of hydrogen-bond acceptors (Lipinski definition) is 4. The highest BCUT2D eigenvalue weighted by atomic mass is 16.3. The number of carbonyl (C=O) groups excluding carboxylic acids is 1. The Morgan fingerprint density at radius 3 is 2.60 bits per heavy atom. The number of carbonyl (C=O) groups is 1. The lowest BCUT2D eigenvalue weighted by molar-refractivity contribution is 0.0933. The summed E-state index contributed by atoms with van der Waals surface area (Å²) in [5.74, 6) is 0.380. The molecule has 1 N–H and O–H groups in total. The van der Waals surface area contributed by atoms with E-state index in [1.807, 2.05) is 62.7 Å². The lowest BCUT2D eigenvalue weighted by atomic mass is 10.1. The summed E-state index contributed by atoms with van der Waals surface area (Å²) in [5, 5.41) is 7.45. The molecule has 130 valence electrons. The molecular weight excluding hydrogens is 316 g/mol. The molecule has 3 rings (SSSR count). The average molecular weight is 338 g/mol. The number of nitrogens with zero attached hydrogens (tertiary/aromatic N) is 3. The van der Waals surface area contributed by atoms with Crippen molar-refractivity contribution < 1.29 is 9.21 Å². The Labute approximate surface area is 146 Å². The van der Waals surface area contributed by atoms with E-state index in [2.05, 4.69) is 15.4 Å². The Balaban J connectivity index is 1.73. The van der Waals surface area contributed by atoms with E-state index in [0.717, 1.165) is 22.6 Å². The molecule has 2 aromatic heterocycles. The van der Waals surface area contributed by atoms with Gasteiger partial charge >= 0.3 is 0 Å². The second-order valence-electron chi connectivity index (χ2n) is 6.10. The zero-order valence-electron chi connectivity index (χ0n) is 14.9. The minimum atomic E-state index is -0.222. The van der Waals surface area contributed by atoms with Gasteiger partial charge in [0.1, 0.15) is 5.76 Å². The summed E-state index contributed by atoms with van der Waals surface area (Å²) >= 11 is 0. The van der Waals surface area contributed by atoms with Crippen LogP contribution in [-0.2, 0) is 6.42 Å². The van der Waals surface area contributed by atoms with Gasteiger partial charge in [-0.2, -0.15) is 5.10 Å². The molecule has 6 nitrogen and oxygen atoms in total.